The summed E-state index contributed by atoms with van der Waals surface area (Å²) in [5.41, 5.74) is 0.928. The number of nitrogens with one attached hydrogen (secondary N) is 1. The predicted molar refractivity (Wildman–Crippen MR) is 104 cm³/mol. The normalized spacial score (nSPS) is 10.2. The number of carboxylic acids is 1. The molecule has 1 amide bonds. The van der Waals surface area contributed by atoms with Crippen LogP contribution in [0.5, 0.6) is 0 Å². The lowest BCUT2D eigenvalue weighted by molar-refractivity contribution is 0.0696. The summed E-state index contributed by atoms with van der Waals surface area (Å²) < 4.78 is 2.80. The lowest BCUT2D eigenvalue weighted by Gasteiger charge is -2.09. The van der Waals surface area contributed by atoms with E-state index in [0.717, 1.165) is 10.7 Å². The van der Waals surface area contributed by atoms with Crippen molar-refractivity contribution < 1.29 is 14.7 Å². The Morgan fingerprint density at radius 2 is 1.81 bits per heavy atom. The second-order valence-electron chi connectivity index (χ2n) is 3.97. The monoisotopic (exact) mass is 620 g/mol. The van der Waals surface area contributed by atoms with Crippen LogP contribution in [0.3, 0.4) is 0 Å². The number of aromatic carboxylic acids is 1. The summed E-state index contributed by atoms with van der Waals surface area (Å²) in [6, 6.07) is 5.14. The van der Waals surface area contributed by atoms with Gasteiger partial charge >= 0.3 is 5.97 Å². The molecule has 2 N–H and O–H groups in total. The third kappa shape index (κ3) is 4.25. The number of pyridine rings is 1. The minimum atomic E-state index is -1.09. The molecule has 0 aliphatic heterocycles. The van der Waals surface area contributed by atoms with Crippen molar-refractivity contribution in [1.29, 1.82) is 0 Å². The second kappa shape index (κ2) is 7.17. The molecule has 0 saturated heterocycles. The molecule has 1 heterocycles. The van der Waals surface area contributed by atoms with E-state index in [4.69, 9.17) is 5.11 Å². The van der Waals surface area contributed by atoms with Gasteiger partial charge in [-0.25, -0.2) is 4.79 Å². The Bertz CT molecular complexity index is 735. The minimum absolute atomic E-state index is 0.0275. The van der Waals surface area contributed by atoms with Crippen LogP contribution in [0.25, 0.3) is 0 Å². The fourth-order valence-electron chi connectivity index (χ4n) is 1.54. The molecule has 108 valence electrons. The van der Waals surface area contributed by atoms with Crippen molar-refractivity contribution in [3.05, 3.63) is 52.4 Å². The van der Waals surface area contributed by atoms with Crippen molar-refractivity contribution >= 4 is 85.3 Å². The van der Waals surface area contributed by atoms with Gasteiger partial charge in [0.2, 0.25) is 0 Å². The first-order valence-electron chi connectivity index (χ1n) is 5.52. The Morgan fingerprint density at radius 1 is 1.10 bits per heavy atom. The van der Waals surface area contributed by atoms with Crippen molar-refractivity contribution in [2.45, 2.75) is 0 Å². The maximum atomic E-state index is 12.3. The van der Waals surface area contributed by atoms with E-state index in [0.29, 0.717) is 11.3 Å². The molecular weight excluding hydrogens is 613 g/mol. The van der Waals surface area contributed by atoms with E-state index < -0.39 is 5.97 Å². The third-order valence-corrected chi connectivity index (χ3v) is 6.15. The molecule has 21 heavy (non-hydrogen) atoms. The molecule has 0 unspecified atom stereocenters. The molecule has 2 rings (SSSR count). The van der Waals surface area contributed by atoms with Crippen LogP contribution in [0.15, 0.2) is 30.6 Å². The van der Waals surface area contributed by atoms with Gasteiger partial charge in [0.25, 0.3) is 5.91 Å². The Morgan fingerprint density at radius 3 is 2.48 bits per heavy atom. The molecule has 0 aliphatic rings. The second-order valence-corrected chi connectivity index (χ2v) is 7.46. The van der Waals surface area contributed by atoms with Crippen LogP contribution in [0.4, 0.5) is 5.69 Å². The summed E-state index contributed by atoms with van der Waals surface area (Å²) in [5.74, 6) is -1.38. The molecule has 0 atom stereocenters. The van der Waals surface area contributed by atoms with Crippen molar-refractivity contribution in [1.82, 2.24) is 4.98 Å². The molecule has 0 bridgehead atoms. The average Bonchev–Trinajstić information content (AvgIpc) is 2.43. The highest BCUT2D eigenvalue weighted by Crippen LogP contribution is 2.23. The van der Waals surface area contributed by atoms with Gasteiger partial charge in [0.1, 0.15) is 0 Å². The zero-order valence-corrected chi connectivity index (χ0v) is 16.7. The van der Waals surface area contributed by atoms with Gasteiger partial charge in [-0.2, -0.15) is 0 Å². The minimum Gasteiger partial charge on any atom is -0.478 e. The molecule has 1 aromatic carbocycles. The Hall–Kier alpha value is -0.500. The number of rotatable bonds is 3. The van der Waals surface area contributed by atoms with Crippen molar-refractivity contribution in [3.63, 3.8) is 0 Å². The summed E-state index contributed by atoms with van der Waals surface area (Å²) in [6.45, 7) is 0. The van der Waals surface area contributed by atoms with E-state index >= 15 is 0 Å². The quantitative estimate of drug-likeness (QED) is 0.404. The fourth-order valence-corrected chi connectivity index (χ4v) is 3.95. The molecular formula is C13H7I3N2O3. The van der Waals surface area contributed by atoms with Crippen LogP contribution in [-0.4, -0.2) is 22.0 Å². The number of benzene rings is 1. The molecule has 0 fully saturated rings. The summed E-state index contributed by atoms with van der Waals surface area (Å²) in [7, 11) is 0. The molecule has 0 saturated carbocycles. The number of aromatic nitrogens is 1. The largest absolute Gasteiger partial charge is 0.478 e. The van der Waals surface area contributed by atoms with Gasteiger partial charge in [0, 0.05) is 16.9 Å². The first-order valence-corrected chi connectivity index (χ1v) is 8.76. The summed E-state index contributed by atoms with van der Waals surface area (Å²) >= 11 is 6.43. The summed E-state index contributed by atoms with van der Waals surface area (Å²) in [5, 5.41) is 11.6. The van der Waals surface area contributed by atoms with Crippen LogP contribution in [-0.2, 0) is 0 Å². The highest BCUT2D eigenvalue weighted by atomic mass is 127. The van der Waals surface area contributed by atoms with E-state index in [-0.39, 0.29) is 11.5 Å². The van der Waals surface area contributed by atoms with Crippen LogP contribution < -0.4 is 5.32 Å². The molecule has 1 aromatic heterocycles. The molecule has 8 heteroatoms. The number of carboxylic acid groups (broad SMARTS) is 1. The van der Waals surface area contributed by atoms with Crippen LogP contribution in [0, 0.1) is 10.7 Å². The van der Waals surface area contributed by atoms with Gasteiger partial charge in [-0.3, -0.25) is 9.78 Å². The van der Waals surface area contributed by atoms with E-state index in [2.05, 4.69) is 78.1 Å². The van der Waals surface area contributed by atoms with Crippen molar-refractivity contribution in [2.24, 2.45) is 0 Å². The maximum absolute atomic E-state index is 12.3. The number of amides is 1. The highest BCUT2D eigenvalue weighted by Gasteiger charge is 2.14. The van der Waals surface area contributed by atoms with Crippen LogP contribution >= 0.6 is 67.8 Å². The number of carbonyl (C=O) groups is 2. The maximum Gasteiger partial charge on any atom is 0.337 e. The topological polar surface area (TPSA) is 79.3 Å². The van der Waals surface area contributed by atoms with Gasteiger partial charge in [0.05, 0.1) is 23.0 Å². The van der Waals surface area contributed by atoms with Crippen molar-refractivity contribution in [3.8, 4) is 0 Å². The van der Waals surface area contributed by atoms with E-state index in [1.807, 2.05) is 6.07 Å². The first-order chi connectivity index (χ1) is 9.88. The Labute approximate surface area is 161 Å². The molecule has 2 aromatic rings. The van der Waals surface area contributed by atoms with E-state index in [9.17, 15) is 9.59 Å². The van der Waals surface area contributed by atoms with Crippen molar-refractivity contribution in [2.75, 3.05) is 5.32 Å². The zero-order valence-electron chi connectivity index (χ0n) is 10.2. The first kappa shape index (κ1) is 16.9. The average molecular weight is 620 g/mol. The van der Waals surface area contributed by atoms with Crippen LogP contribution in [0.1, 0.15) is 20.7 Å². The Kier molecular flexibility index (Phi) is 5.76. The van der Waals surface area contributed by atoms with Gasteiger partial charge in [-0.1, -0.05) is 0 Å². The fraction of sp³-hybridized carbons (Fsp3) is 0. The SMILES string of the molecule is O=C(O)c1cncc(NC(=O)c2cc(I)cc(I)c2I)c1. The van der Waals surface area contributed by atoms with Gasteiger partial charge in [-0.15, -0.1) is 0 Å². The number of halogens is 3. The predicted octanol–water partition coefficient (Wildman–Crippen LogP) is 3.85. The number of hydrogen-bond donors (Lipinski definition) is 2. The smallest absolute Gasteiger partial charge is 0.337 e. The van der Waals surface area contributed by atoms with Gasteiger partial charge in [0.15, 0.2) is 0 Å². The molecule has 0 spiro atoms. The van der Waals surface area contributed by atoms with Crippen LogP contribution in [0.2, 0.25) is 0 Å². The van der Waals surface area contributed by atoms with E-state index in [1.54, 1.807) is 6.07 Å². The third-order valence-electron chi connectivity index (χ3n) is 2.48. The van der Waals surface area contributed by atoms with Gasteiger partial charge in [-0.05, 0) is 86.0 Å². The van der Waals surface area contributed by atoms with E-state index in [1.165, 1.54) is 18.5 Å². The van der Waals surface area contributed by atoms with Gasteiger partial charge < -0.3 is 10.4 Å². The molecule has 0 aliphatic carbocycles. The number of carbonyl (C=O) groups excluding carboxylic acids is 1. The molecule has 0 radical (unpaired) electrons. The number of hydrogen-bond acceptors (Lipinski definition) is 3. The summed E-state index contributed by atoms with van der Waals surface area (Å²) in [6.07, 6.45) is 2.65. The standard InChI is InChI=1S/C13H7I3N2O3/c14-7-2-9(11(16)10(15)3-7)12(19)18-8-1-6(13(20)21)4-17-5-8/h1-5H,(H,18,19)(H,20,21). The number of nitrogens with zero attached hydrogens (tertiary/aromatic N) is 1. The summed E-state index contributed by atoms with van der Waals surface area (Å²) in [4.78, 5) is 27.0. The Balaban J connectivity index is 2.30. The lowest BCUT2D eigenvalue weighted by Crippen LogP contribution is -2.15. The lowest BCUT2D eigenvalue weighted by atomic mass is 10.2. The molecule has 5 nitrogen and oxygen atoms in total. The highest BCUT2D eigenvalue weighted by molar-refractivity contribution is 14.1. The number of anilines is 1. The zero-order chi connectivity index (χ0) is 15.6.